The van der Waals surface area contributed by atoms with Crippen molar-refractivity contribution in [3.63, 3.8) is 0 Å². The minimum absolute atomic E-state index is 0.0657. The fourth-order valence-corrected chi connectivity index (χ4v) is 1.24. The highest BCUT2D eigenvalue weighted by Gasteiger charge is 2.14. The molecule has 82 valence electrons. The van der Waals surface area contributed by atoms with Gasteiger partial charge in [-0.3, -0.25) is 4.79 Å². The first-order valence-corrected chi connectivity index (χ1v) is 4.85. The summed E-state index contributed by atoms with van der Waals surface area (Å²) in [5.74, 6) is -0.0657. The molecule has 0 aliphatic heterocycles. The van der Waals surface area contributed by atoms with Crippen LogP contribution in [0.4, 0.5) is 11.4 Å². The average Bonchev–Trinajstić information content (AvgIpc) is 2.13. The number of anilines is 2. The van der Waals surface area contributed by atoms with Gasteiger partial charge in [-0.1, -0.05) is 0 Å². The second kappa shape index (κ2) is 4.21. The maximum absolute atomic E-state index is 11.9. The minimum atomic E-state index is -0.0657. The highest BCUT2D eigenvalue weighted by atomic mass is 16.2. The lowest BCUT2D eigenvalue weighted by Crippen LogP contribution is -2.33. The Morgan fingerprint density at radius 1 is 1.20 bits per heavy atom. The lowest BCUT2D eigenvalue weighted by Gasteiger charge is -2.21. The van der Waals surface area contributed by atoms with Gasteiger partial charge in [0.2, 0.25) is 0 Å². The van der Waals surface area contributed by atoms with E-state index < -0.39 is 0 Å². The topological polar surface area (TPSA) is 72.3 Å². The first kappa shape index (κ1) is 11.4. The third kappa shape index (κ3) is 2.62. The maximum Gasteiger partial charge on any atom is 0.253 e. The third-order valence-electron chi connectivity index (χ3n) is 2.32. The molecule has 1 rings (SSSR count). The minimum Gasteiger partial charge on any atom is -0.399 e. The third-order valence-corrected chi connectivity index (χ3v) is 2.32. The number of amides is 1. The van der Waals surface area contributed by atoms with Gasteiger partial charge in [0.1, 0.15) is 0 Å². The van der Waals surface area contributed by atoms with Gasteiger partial charge < -0.3 is 16.4 Å². The van der Waals surface area contributed by atoms with E-state index in [0.717, 1.165) is 0 Å². The Bertz CT molecular complexity index is 354. The van der Waals surface area contributed by atoms with Gasteiger partial charge in [-0.05, 0) is 32.0 Å². The molecule has 0 fully saturated rings. The Morgan fingerprint density at radius 2 is 1.67 bits per heavy atom. The molecule has 0 atom stereocenters. The van der Waals surface area contributed by atoms with E-state index in [1.54, 1.807) is 30.1 Å². The molecular formula is C11H17N3O. The van der Waals surface area contributed by atoms with Gasteiger partial charge in [-0.2, -0.15) is 0 Å². The van der Waals surface area contributed by atoms with Crippen molar-refractivity contribution in [1.29, 1.82) is 0 Å². The fourth-order valence-electron chi connectivity index (χ4n) is 1.24. The fraction of sp³-hybridized carbons (Fsp3) is 0.364. The number of hydrogen-bond acceptors (Lipinski definition) is 3. The summed E-state index contributed by atoms with van der Waals surface area (Å²) in [4.78, 5) is 13.6. The van der Waals surface area contributed by atoms with E-state index in [2.05, 4.69) is 0 Å². The summed E-state index contributed by atoms with van der Waals surface area (Å²) in [5, 5.41) is 0. The lowest BCUT2D eigenvalue weighted by molar-refractivity contribution is 0.0755. The molecule has 1 aromatic rings. The molecule has 1 aromatic carbocycles. The van der Waals surface area contributed by atoms with Crippen LogP contribution in [-0.2, 0) is 0 Å². The van der Waals surface area contributed by atoms with Crippen LogP contribution in [0.2, 0.25) is 0 Å². The zero-order valence-electron chi connectivity index (χ0n) is 9.32. The van der Waals surface area contributed by atoms with Crippen LogP contribution in [0.15, 0.2) is 18.2 Å². The van der Waals surface area contributed by atoms with Crippen molar-refractivity contribution >= 4 is 17.3 Å². The summed E-state index contributed by atoms with van der Waals surface area (Å²) in [6.45, 7) is 3.90. The van der Waals surface area contributed by atoms with E-state index in [0.29, 0.717) is 16.9 Å². The molecule has 0 aliphatic carbocycles. The molecule has 0 saturated carbocycles. The number of nitrogens with zero attached hydrogens (tertiary/aromatic N) is 1. The molecule has 0 aromatic heterocycles. The van der Waals surface area contributed by atoms with E-state index in [1.165, 1.54) is 0 Å². The number of nitrogen functional groups attached to an aromatic ring is 2. The summed E-state index contributed by atoms with van der Waals surface area (Å²) in [6, 6.07) is 5.06. The second-order valence-corrected chi connectivity index (χ2v) is 3.90. The van der Waals surface area contributed by atoms with E-state index in [4.69, 9.17) is 11.5 Å². The SMILES string of the molecule is CC(C)N(C)C(=O)c1cc(N)cc(N)c1. The van der Waals surface area contributed by atoms with Gasteiger partial charge in [0.05, 0.1) is 0 Å². The van der Waals surface area contributed by atoms with E-state index in [-0.39, 0.29) is 11.9 Å². The van der Waals surface area contributed by atoms with Crippen molar-refractivity contribution in [2.24, 2.45) is 0 Å². The largest absolute Gasteiger partial charge is 0.399 e. The predicted molar refractivity (Wildman–Crippen MR) is 62.5 cm³/mol. The van der Waals surface area contributed by atoms with Crippen LogP contribution in [0.5, 0.6) is 0 Å². The number of benzene rings is 1. The molecule has 15 heavy (non-hydrogen) atoms. The molecule has 0 saturated heterocycles. The van der Waals surface area contributed by atoms with Crippen LogP contribution in [0, 0.1) is 0 Å². The maximum atomic E-state index is 11.9. The molecule has 0 spiro atoms. The van der Waals surface area contributed by atoms with Crippen LogP contribution >= 0.6 is 0 Å². The average molecular weight is 207 g/mol. The molecule has 1 amide bonds. The Kier molecular flexibility index (Phi) is 3.19. The quantitative estimate of drug-likeness (QED) is 0.719. The summed E-state index contributed by atoms with van der Waals surface area (Å²) in [5.41, 5.74) is 12.8. The number of hydrogen-bond donors (Lipinski definition) is 2. The van der Waals surface area contributed by atoms with Crippen molar-refractivity contribution in [3.8, 4) is 0 Å². The molecule has 0 radical (unpaired) electrons. The Labute approximate surface area is 89.9 Å². The van der Waals surface area contributed by atoms with E-state index in [9.17, 15) is 4.79 Å². The van der Waals surface area contributed by atoms with E-state index in [1.807, 2.05) is 13.8 Å². The normalized spacial score (nSPS) is 10.4. The molecule has 0 heterocycles. The van der Waals surface area contributed by atoms with Crippen molar-refractivity contribution in [1.82, 2.24) is 4.90 Å². The summed E-state index contributed by atoms with van der Waals surface area (Å²) >= 11 is 0. The smallest absolute Gasteiger partial charge is 0.253 e. The number of rotatable bonds is 2. The summed E-state index contributed by atoms with van der Waals surface area (Å²) < 4.78 is 0. The van der Waals surface area contributed by atoms with Crippen molar-refractivity contribution in [2.75, 3.05) is 18.5 Å². The monoisotopic (exact) mass is 207 g/mol. The first-order chi connectivity index (χ1) is 6.91. The molecule has 0 bridgehead atoms. The zero-order valence-corrected chi connectivity index (χ0v) is 9.32. The number of carbonyl (C=O) groups excluding carboxylic acids is 1. The molecule has 0 unspecified atom stereocenters. The standard InChI is InChI=1S/C11H17N3O/c1-7(2)14(3)11(15)8-4-9(12)6-10(13)5-8/h4-7H,12-13H2,1-3H3. The highest BCUT2D eigenvalue weighted by Crippen LogP contribution is 2.15. The number of carbonyl (C=O) groups is 1. The highest BCUT2D eigenvalue weighted by molar-refractivity contribution is 5.96. The van der Waals surface area contributed by atoms with Crippen LogP contribution < -0.4 is 11.5 Å². The van der Waals surface area contributed by atoms with Gasteiger partial charge in [0, 0.05) is 30.0 Å². The van der Waals surface area contributed by atoms with Gasteiger partial charge >= 0.3 is 0 Å². The Balaban J connectivity index is 3.01. The predicted octanol–water partition coefficient (Wildman–Crippen LogP) is 1.33. The molecule has 0 aliphatic rings. The van der Waals surface area contributed by atoms with Crippen molar-refractivity contribution in [2.45, 2.75) is 19.9 Å². The molecule has 4 nitrogen and oxygen atoms in total. The van der Waals surface area contributed by atoms with Gasteiger partial charge in [-0.15, -0.1) is 0 Å². The second-order valence-electron chi connectivity index (χ2n) is 3.90. The lowest BCUT2D eigenvalue weighted by atomic mass is 10.1. The first-order valence-electron chi connectivity index (χ1n) is 4.85. The van der Waals surface area contributed by atoms with Crippen LogP contribution in [0.1, 0.15) is 24.2 Å². The Hall–Kier alpha value is -1.71. The molecular weight excluding hydrogens is 190 g/mol. The molecule has 4 N–H and O–H groups in total. The zero-order chi connectivity index (χ0) is 11.6. The summed E-state index contributed by atoms with van der Waals surface area (Å²) in [6.07, 6.45) is 0. The number of nitrogens with two attached hydrogens (primary N) is 2. The van der Waals surface area contributed by atoms with E-state index >= 15 is 0 Å². The van der Waals surface area contributed by atoms with Crippen LogP contribution in [-0.4, -0.2) is 23.9 Å². The Morgan fingerprint density at radius 3 is 2.07 bits per heavy atom. The molecule has 4 heteroatoms. The van der Waals surface area contributed by atoms with Gasteiger partial charge in [-0.25, -0.2) is 0 Å². The summed E-state index contributed by atoms with van der Waals surface area (Å²) in [7, 11) is 1.76. The van der Waals surface area contributed by atoms with Gasteiger partial charge in [0.25, 0.3) is 5.91 Å². The van der Waals surface area contributed by atoms with Crippen LogP contribution in [0.25, 0.3) is 0 Å². The van der Waals surface area contributed by atoms with Crippen LogP contribution in [0.3, 0.4) is 0 Å². The van der Waals surface area contributed by atoms with Gasteiger partial charge in [0.15, 0.2) is 0 Å². The van der Waals surface area contributed by atoms with Crippen molar-refractivity contribution in [3.05, 3.63) is 23.8 Å². The van der Waals surface area contributed by atoms with Crippen molar-refractivity contribution < 1.29 is 4.79 Å².